The first-order valence-electron chi connectivity index (χ1n) is 27.0. The van der Waals surface area contributed by atoms with Crippen molar-refractivity contribution in [3.8, 4) is 40.7 Å². The lowest BCUT2D eigenvalue weighted by Crippen LogP contribution is -2.55. The lowest BCUT2D eigenvalue weighted by atomic mass is 9.95. The molecule has 3 amide bonds. The van der Waals surface area contributed by atoms with Gasteiger partial charge in [-0.05, 0) is 91.5 Å². The molecule has 81 heavy (non-hydrogen) atoms. The highest BCUT2D eigenvalue weighted by Gasteiger charge is 2.37. The molecule has 0 unspecified atom stereocenters. The number of amides is 3. The molecule has 2 aromatic heterocycles. The molecule has 424 valence electrons. The fourth-order valence-corrected chi connectivity index (χ4v) is 11.8. The number of phenols is 2. The Kier molecular flexibility index (Phi) is 16.4. The van der Waals surface area contributed by atoms with Gasteiger partial charge in [-0.2, -0.15) is 28.4 Å². The number of alkyl halides is 3. The number of piperazine rings is 1. The number of piperidine rings is 1. The maximum absolute atomic E-state index is 14.1. The zero-order chi connectivity index (χ0) is 57.3. The number of phenolic OH excluding ortho intramolecular Hbond substituents is 2. The van der Waals surface area contributed by atoms with E-state index in [2.05, 4.69) is 32.6 Å². The van der Waals surface area contributed by atoms with Gasteiger partial charge in [-0.15, -0.1) is 10.2 Å². The van der Waals surface area contributed by atoms with Crippen LogP contribution in [0.4, 0.5) is 29.1 Å². The van der Waals surface area contributed by atoms with Gasteiger partial charge < -0.3 is 39.9 Å². The van der Waals surface area contributed by atoms with Gasteiger partial charge in [0.2, 0.25) is 11.7 Å². The van der Waals surface area contributed by atoms with Crippen molar-refractivity contribution in [1.82, 2.24) is 44.7 Å². The average molecular weight is 1130 g/mol. The molecule has 6 heterocycles. The minimum Gasteiger partial charge on any atom is -0.508 e. The minimum atomic E-state index is -4.68. The molecular formula is C58H61ClF4N12O6. The zero-order valence-electron chi connectivity index (χ0n) is 44.8. The van der Waals surface area contributed by atoms with E-state index >= 15 is 0 Å². The van der Waals surface area contributed by atoms with Gasteiger partial charge in [0.15, 0.2) is 11.7 Å². The Hall–Kier alpha value is -8.03. The van der Waals surface area contributed by atoms with Gasteiger partial charge >= 0.3 is 12.2 Å². The number of rotatable bonds is 15. The second-order valence-electron chi connectivity index (χ2n) is 21.4. The second-order valence-corrected chi connectivity index (χ2v) is 21.8. The Bertz CT molecular complexity index is 3410. The number of hydrogen-bond donors (Lipinski definition) is 3. The molecular weight excluding hydrogens is 1070 g/mol. The van der Waals surface area contributed by atoms with Crippen molar-refractivity contribution in [2.75, 3.05) is 75.3 Å². The van der Waals surface area contributed by atoms with Crippen LogP contribution in [0, 0.1) is 23.2 Å². The minimum absolute atomic E-state index is 0.00617. The quantitative estimate of drug-likeness (QED) is 0.0651. The smallest absolute Gasteiger partial charge is 0.405 e. The van der Waals surface area contributed by atoms with Crippen LogP contribution in [0.2, 0.25) is 5.02 Å². The van der Waals surface area contributed by atoms with E-state index in [0.717, 1.165) is 45.8 Å². The Morgan fingerprint density at radius 3 is 2.38 bits per heavy atom. The number of aromatic hydroxyl groups is 2. The van der Waals surface area contributed by atoms with E-state index in [0.29, 0.717) is 93.7 Å². The summed E-state index contributed by atoms with van der Waals surface area (Å²) in [5.74, 6) is -3.58. The van der Waals surface area contributed by atoms with Crippen molar-refractivity contribution in [2.24, 2.45) is 11.8 Å². The summed E-state index contributed by atoms with van der Waals surface area (Å²) in [6, 6.07) is 23.3. The molecule has 0 aliphatic carbocycles. The first-order chi connectivity index (χ1) is 38.8. The first kappa shape index (κ1) is 56.3. The third-order valence-corrected chi connectivity index (χ3v) is 16.0. The van der Waals surface area contributed by atoms with E-state index in [-0.39, 0.29) is 78.7 Å². The summed E-state index contributed by atoms with van der Waals surface area (Å²) in [4.78, 5) is 59.8. The SMILES string of the molecule is C=C(F)C(=O)N1CCN(c2nc(OC[C@@H]3CCN(C(=O)C4CCN(Cc5ccc(-n6c(C(=O)NCC(F)(F)F)nnc6-c6cc(C(C)C)c(O)cc6O)cc5)CC4)C3)nc3c2CCN(c2cccc4cccc(Cl)c24)C3)C[C@@H]1CC#N. The van der Waals surface area contributed by atoms with Gasteiger partial charge in [0, 0.05) is 86.0 Å². The van der Waals surface area contributed by atoms with Crippen LogP contribution >= 0.6 is 11.6 Å². The molecule has 0 spiro atoms. The third kappa shape index (κ3) is 12.2. The number of halogens is 5. The molecule has 3 N–H and O–H groups in total. The summed E-state index contributed by atoms with van der Waals surface area (Å²) >= 11 is 6.78. The van der Waals surface area contributed by atoms with E-state index in [4.69, 9.17) is 26.3 Å². The van der Waals surface area contributed by atoms with E-state index in [1.54, 1.807) is 12.1 Å². The van der Waals surface area contributed by atoms with Crippen LogP contribution in [0.15, 0.2) is 85.2 Å². The molecule has 4 aliphatic rings. The molecule has 4 aliphatic heterocycles. The Morgan fingerprint density at radius 2 is 1.67 bits per heavy atom. The highest BCUT2D eigenvalue weighted by molar-refractivity contribution is 6.36. The first-order valence-corrected chi connectivity index (χ1v) is 27.4. The topological polar surface area (TPSA) is 209 Å². The molecule has 10 rings (SSSR count). The number of hydrogen-bond acceptors (Lipinski definition) is 14. The number of anilines is 2. The number of aromatic nitrogens is 5. The molecule has 3 saturated heterocycles. The van der Waals surface area contributed by atoms with Gasteiger partial charge in [0.25, 0.3) is 11.8 Å². The fourth-order valence-electron chi connectivity index (χ4n) is 11.5. The van der Waals surface area contributed by atoms with Gasteiger partial charge in [-0.25, -0.2) is 4.39 Å². The number of ether oxygens (including phenoxy) is 1. The second kappa shape index (κ2) is 23.6. The Labute approximate surface area is 470 Å². The Morgan fingerprint density at radius 1 is 0.914 bits per heavy atom. The number of benzene rings is 4. The van der Waals surface area contributed by atoms with Crippen molar-refractivity contribution in [3.05, 3.63) is 118 Å². The van der Waals surface area contributed by atoms with Crippen LogP contribution in [0.3, 0.4) is 0 Å². The lowest BCUT2D eigenvalue weighted by Gasteiger charge is -2.42. The largest absolute Gasteiger partial charge is 0.508 e. The van der Waals surface area contributed by atoms with Crippen LogP contribution in [0.5, 0.6) is 17.5 Å². The summed E-state index contributed by atoms with van der Waals surface area (Å²) in [5, 5.41) is 43.6. The summed E-state index contributed by atoms with van der Waals surface area (Å²) < 4.78 is 61.3. The van der Waals surface area contributed by atoms with Crippen LogP contribution in [-0.2, 0) is 29.1 Å². The fraction of sp³-hybridized carbons (Fsp3) is 0.414. The highest BCUT2D eigenvalue weighted by atomic mass is 35.5. The summed E-state index contributed by atoms with van der Waals surface area (Å²) in [5.41, 5.74) is 4.52. The number of nitriles is 1. The number of nitrogens with one attached hydrogen (secondary N) is 1. The van der Waals surface area contributed by atoms with Gasteiger partial charge in [0.05, 0.1) is 48.0 Å². The lowest BCUT2D eigenvalue weighted by molar-refractivity contribution is -0.136. The monoisotopic (exact) mass is 1130 g/mol. The van der Waals surface area contributed by atoms with Crippen molar-refractivity contribution in [3.63, 3.8) is 0 Å². The maximum Gasteiger partial charge on any atom is 0.405 e. The van der Waals surface area contributed by atoms with Crippen LogP contribution in [-0.4, -0.2) is 145 Å². The molecule has 3 fully saturated rings. The van der Waals surface area contributed by atoms with Crippen LogP contribution < -0.4 is 19.9 Å². The molecule has 23 heteroatoms. The summed E-state index contributed by atoms with van der Waals surface area (Å²) in [6.07, 6.45) is -2.06. The Balaban J connectivity index is 0.785. The van der Waals surface area contributed by atoms with Crippen LogP contribution in [0.25, 0.3) is 27.8 Å². The highest BCUT2D eigenvalue weighted by Crippen LogP contribution is 2.40. The third-order valence-electron chi connectivity index (χ3n) is 15.7. The predicted octanol–water partition coefficient (Wildman–Crippen LogP) is 8.47. The van der Waals surface area contributed by atoms with E-state index in [1.807, 2.05) is 77.5 Å². The number of likely N-dealkylation sites (tertiary alicyclic amines) is 2. The van der Waals surface area contributed by atoms with Crippen molar-refractivity contribution in [2.45, 2.75) is 77.2 Å². The molecule has 0 radical (unpaired) electrons. The molecule has 0 saturated carbocycles. The number of carbonyl (C=O) groups is 3. The molecule has 18 nitrogen and oxygen atoms in total. The van der Waals surface area contributed by atoms with E-state index in [1.165, 1.54) is 15.5 Å². The maximum atomic E-state index is 14.1. The number of nitrogens with zero attached hydrogens (tertiary/aromatic N) is 11. The van der Waals surface area contributed by atoms with Crippen molar-refractivity contribution >= 4 is 51.6 Å². The molecule has 6 aromatic rings. The van der Waals surface area contributed by atoms with Crippen molar-refractivity contribution in [1.29, 1.82) is 5.26 Å². The molecule has 4 aromatic carbocycles. The number of fused-ring (bicyclic) bond motifs is 2. The van der Waals surface area contributed by atoms with Crippen molar-refractivity contribution < 1.29 is 46.9 Å². The molecule has 2 atom stereocenters. The number of carbonyl (C=O) groups excluding carboxylic acids is 3. The zero-order valence-corrected chi connectivity index (χ0v) is 45.6. The summed E-state index contributed by atoms with van der Waals surface area (Å²) in [6.45, 7) is 10.3. The van der Waals surface area contributed by atoms with E-state index in [9.17, 15) is 47.4 Å². The normalized spacial score (nSPS) is 18.1. The summed E-state index contributed by atoms with van der Waals surface area (Å²) in [7, 11) is 0. The van der Waals surface area contributed by atoms with Gasteiger partial charge in [-0.1, -0.05) is 68.4 Å². The van der Waals surface area contributed by atoms with Gasteiger partial charge in [0.1, 0.15) is 23.9 Å². The van der Waals surface area contributed by atoms with Crippen LogP contribution in [0.1, 0.15) is 78.5 Å². The van der Waals surface area contributed by atoms with Gasteiger partial charge in [-0.3, -0.25) is 23.9 Å². The average Bonchev–Trinajstić information content (AvgIpc) is 4.34. The predicted molar refractivity (Wildman–Crippen MR) is 295 cm³/mol. The standard InChI is InChI=1S/C58H61ClF4N12O6/c1-34(2)43-26-44(49(77)27-48(43)76)52-68-69-53(54(78)65-33-58(61,62)63)75(52)40-12-10-36(11-13-40)28-70-20-16-39(17-21-70)56(80)73-22-15-37(29-73)32-81-57-66-46-31-71(47-9-5-7-38-6-4-8-45(59)50(38)47)23-18-42(46)51(67-57)72-24-25-74(55(79)35(3)60)41(30-72)14-19-64/h4-13,26-27,34,37,39,41,76-77H,3,14-18,20-25,28-33H2,1-2H3,(H,65,78)/t37-,41+/m1/s1. The van der Waals surface area contributed by atoms with E-state index < -0.39 is 42.2 Å². The molecule has 0 bridgehead atoms.